The van der Waals surface area contributed by atoms with Crippen LogP contribution in [0.25, 0.3) is 0 Å². The Morgan fingerprint density at radius 3 is 1.07 bits per heavy atom. The zero-order valence-electron chi connectivity index (χ0n) is 8.50. The lowest BCUT2D eigenvalue weighted by molar-refractivity contribution is 0.135. The van der Waals surface area contributed by atoms with Crippen LogP contribution >= 0.6 is 0 Å². The molecular weight excluding hydrogens is 248 g/mol. The minimum atomic E-state index is -3.11. The second kappa shape index (κ2) is 18.9. The van der Waals surface area contributed by atoms with E-state index >= 15 is 0 Å². The molecule has 0 amide bonds. The Morgan fingerprint density at radius 1 is 0.733 bits per heavy atom. The van der Waals surface area contributed by atoms with E-state index in [4.69, 9.17) is 30.0 Å². The van der Waals surface area contributed by atoms with E-state index in [-0.39, 0.29) is 0 Å². The van der Waals surface area contributed by atoms with E-state index in [1.165, 1.54) is 0 Å². The van der Waals surface area contributed by atoms with E-state index < -0.39 is 21.2 Å². The molecule has 0 aliphatic heterocycles. The highest BCUT2D eigenvalue weighted by molar-refractivity contribution is 7.59. The summed E-state index contributed by atoms with van der Waals surface area (Å²) >= 11 is 0. The summed E-state index contributed by atoms with van der Waals surface area (Å²) in [4.78, 5) is 0. The van der Waals surface area contributed by atoms with Crippen LogP contribution in [-0.2, 0) is 26.0 Å². The van der Waals surface area contributed by atoms with Gasteiger partial charge in [-0.25, -0.2) is 0 Å². The molecule has 0 aliphatic carbocycles. The van der Waals surface area contributed by atoms with Gasteiger partial charge < -0.3 is 4.74 Å². The summed E-state index contributed by atoms with van der Waals surface area (Å²) in [7, 11) is -6.22. The lowest BCUT2D eigenvalue weighted by Gasteiger charge is -1.95. The van der Waals surface area contributed by atoms with Crippen molar-refractivity contribution in [2.45, 2.75) is 26.7 Å². The van der Waals surface area contributed by atoms with Crippen LogP contribution in [-0.4, -0.2) is 38.5 Å². The molecule has 0 heterocycles. The third-order valence-electron chi connectivity index (χ3n) is 0.697. The molecule has 9 heteroatoms. The Balaban J connectivity index is -0.000000155. The molecule has 92 valence electrons. The number of ether oxygens (including phenoxy) is 1. The first-order valence-electron chi connectivity index (χ1n) is 3.99. The Kier molecular flexibility index (Phi) is 24.8. The molecule has 0 N–H and O–H groups in total. The third kappa shape index (κ3) is 162. The van der Waals surface area contributed by atoms with Gasteiger partial charge in [-0.05, 0) is 12.8 Å². The molecule has 0 aliphatic rings. The van der Waals surface area contributed by atoms with Crippen LogP contribution in [0.5, 0.6) is 0 Å². The minimum absolute atomic E-state index is 0.924. The van der Waals surface area contributed by atoms with Gasteiger partial charge in [0.05, 0.1) is 0 Å². The molecule has 0 fully saturated rings. The quantitative estimate of drug-likeness (QED) is 0.645. The summed E-state index contributed by atoms with van der Waals surface area (Å²) in [5.74, 6) is 0. The summed E-state index contributed by atoms with van der Waals surface area (Å²) in [6.07, 6.45) is 2.28. The summed E-state index contributed by atoms with van der Waals surface area (Å²) in [5, 5.41) is 0. The molecule has 15 heavy (non-hydrogen) atoms. The topological polar surface area (TPSA) is 112 Å². The molecule has 0 spiro atoms. The van der Waals surface area contributed by atoms with E-state index in [1.54, 1.807) is 0 Å². The molecule has 0 aromatic rings. The lowest BCUT2D eigenvalue weighted by Crippen LogP contribution is -1.92. The largest absolute Gasteiger partial charge is 0.425 e. The van der Waals surface area contributed by atoms with E-state index in [0.717, 1.165) is 26.1 Å². The SMILES string of the molecule is CCCOCCC.O=S(=O)=O.O=S(=O)=O. The van der Waals surface area contributed by atoms with Gasteiger partial charge in [0.2, 0.25) is 0 Å². The van der Waals surface area contributed by atoms with Gasteiger partial charge in [0.25, 0.3) is 0 Å². The Morgan fingerprint density at radius 2 is 0.933 bits per heavy atom. The van der Waals surface area contributed by atoms with Gasteiger partial charge in [-0.15, -0.1) is 25.3 Å². The zero-order chi connectivity index (χ0) is 12.7. The van der Waals surface area contributed by atoms with E-state index in [9.17, 15) is 0 Å². The van der Waals surface area contributed by atoms with Crippen molar-refractivity contribution in [1.82, 2.24) is 0 Å². The highest BCUT2D eigenvalue weighted by Gasteiger charge is 1.77. The molecular formula is C6H14O7S2. The second-order valence-corrected chi connectivity index (χ2v) is 2.84. The molecule has 0 saturated carbocycles. The highest BCUT2D eigenvalue weighted by Crippen LogP contribution is 1.81. The summed E-state index contributed by atoms with van der Waals surface area (Å²) in [6.45, 7) is 6.09. The van der Waals surface area contributed by atoms with Crippen LogP contribution in [0.3, 0.4) is 0 Å². The van der Waals surface area contributed by atoms with Crippen LogP contribution in [0, 0.1) is 0 Å². The van der Waals surface area contributed by atoms with Crippen molar-refractivity contribution in [3.8, 4) is 0 Å². The van der Waals surface area contributed by atoms with Crippen molar-refractivity contribution in [2.75, 3.05) is 13.2 Å². The van der Waals surface area contributed by atoms with Gasteiger partial charge in [0.1, 0.15) is 0 Å². The Labute approximate surface area is 91.6 Å². The van der Waals surface area contributed by atoms with Gasteiger partial charge in [-0.3, -0.25) is 0 Å². The minimum Gasteiger partial charge on any atom is -0.381 e. The standard InChI is InChI=1S/C6H14O.2O3S/c1-3-5-7-6-4-2;2*1-4(2)3/h3-6H2,1-2H3;;. The normalized spacial score (nSPS) is 7.60. The van der Waals surface area contributed by atoms with E-state index in [2.05, 4.69) is 13.8 Å². The first kappa shape index (κ1) is 19.7. The summed E-state index contributed by atoms with van der Waals surface area (Å²) in [5.41, 5.74) is 0. The molecule has 0 unspecified atom stereocenters. The first-order valence-corrected chi connectivity index (χ1v) is 5.99. The summed E-state index contributed by atoms with van der Waals surface area (Å²) in [6, 6.07) is 0. The fourth-order valence-electron chi connectivity index (χ4n) is 0.391. The number of hydrogen-bond donors (Lipinski definition) is 0. The molecule has 7 nitrogen and oxygen atoms in total. The van der Waals surface area contributed by atoms with Crippen molar-refractivity contribution in [3.63, 3.8) is 0 Å². The Bertz CT molecular complexity index is 251. The smallest absolute Gasteiger partial charge is 0.381 e. The number of hydrogen-bond acceptors (Lipinski definition) is 7. The number of rotatable bonds is 4. The zero-order valence-corrected chi connectivity index (χ0v) is 10.1. The molecule has 0 bridgehead atoms. The van der Waals surface area contributed by atoms with Crippen LogP contribution in [0.1, 0.15) is 26.7 Å². The molecule has 0 aromatic carbocycles. The van der Waals surface area contributed by atoms with Crippen molar-refractivity contribution < 1.29 is 30.0 Å². The van der Waals surface area contributed by atoms with Crippen molar-refractivity contribution >= 4 is 21.2 Å². The average Bonchev–Trinajstić information content (AvgIpc) is 2.03. The van der Waals surface area contributed by atoms with Gasteiger partial charge in [0.15, 0.2) is 0 Å². The first-order chi connectivity index (χ1) is 6.88. The van der Waals surface area contributed by atoms with Crippen LogP contribution in [0.15, 0.2) is 0 Å². The van der Waals surface area contributed by atoms with Crippen LogP contribution in [0.2, 0.25) is 0 Å². The molecule has 0 radical (unpaired) electrons. The van der Waals surface area contributed by atoms with Gasteiger partial charge >= 0.3 is 21.2 Å². The third-order valence-corrected chi connectivity index (χ3v) is 0.697. The van der Waals surface area contributed by atoms with Crippen molar-refractivity contribution in [3.05, 3.63) is 0 Å². The predicted molar refractivity (Wildman–Crippen MR) is 50.8 cm³/mol. The van der Waals surface area contributed by atoms with Gasteiger partial charge in [0, 0.05) is 13.2 Å². The van der Waals surface area contributed by atoms with Crippen molar-refractivity contribution in [1.29, 1.82) is 0 Å². The average molecular weight is 262 g/mol. The maximum Gasteiger partial charge on any atom is 0.425 e. The van der Waals surface area contributed by atoms with Gasteiger partial charge in [-0.1, -0.05) is 13.8 Å². The van der Waals surface area contributed by atoms with Crippen molar-refractivity contribution in [2.24, 2.45) is 0 Å². The second-order valence-electron chi connectivity index (χ2n) is 2.02. The monoisotopic (exact) mass is 262 g/mol. The van der Waals surface area contributed by atoms with E-state index in [0.29, 0.717) is 0 Å². The molecule has 0 aromatic heterocycles. The lowest BCUT2D eigenvalue weighted by atomic mass is 10.5. The van der Waals surface area contributed by atoms with Crippen LogP contribution < -0.4 is 0 Å². The molecule has 0 saturated heterocycles. The summed E-state index contributed by atoms with van der Waals surface area (Å²) < 4.78 is 55.8. The van der Waals surface area contributed by atoms with Gasteiger partial charge in [-0.2, -0.15) is 0 Å². The van der Waals surface area contributed by atoms with E-state index in [1.807, 2.05) is 0 Å². The fourth-order valence-corrected chi connectivity index (χ4v) is 0.391. The highest BCUT2D eigenvalue weighted by atomic mass is 32.2. The predicted octanol–water partition coefficient (Wildman–Crippen LogP) is -0.185. The maximum atomic E-state index is 8.44. The maximum absolute atomic E-state index is 8.44. The fraction of sp³-hybridized carbons (Fsp3) is 1.00. The molecule has 0 rings (SSSR count). The van der Waals surface area contributed by atoms with Crippen LogP contribution in [0.4, 0.5) is 0 Å². The molecule has 0 atom stereocenters. The Hall–Kier alpha value is -0.800.